The van der Waals surface area contributed by atoms with E-state index in [0.29, 0.717) is 13.0 Å². The molecule has 9 heteroatoms. The number of aromatic nitrogens is 2. The van der Waals surface area contributed by atoms with Gasteiger partial charge in [0.15, 0.2) is 0 Å². The molecule has 1 amide bonds. The van der Waals surface area contributed by atoms with Crippen molar-refractivity contribution in [2.45, 2.75) is 10.6 Å². The van der Waals surface area contributed by atoms with Crippen LogP contribution >= 0.6 is 11.3 Å². The van der Waals surface area contributed by atoms with Crippen molar-refractivity contribution in [2.75, 3.05) is 20.1 Å². The van der Waals surface area contributed by atoms with Gasteiger partial charge >= 0.3 is 0 Å². The van der Waals surface area contributed by atoms with E-state index in [9.17, 15) is 13.2 Å². The highest BCUT2D eigenvalue weighted by Crippen LogP contribution is 2.19. The Balaban J connectivity index is 1.47. The van der Waals surface area contributed by atoms with Crippen LogP contribution in [0.3, 0.4) is 0 Å². The largest absolute Gasteiger partial charge is 0.355 e. The van der Waals surface area contributed by atoms with Crippen molar-refractivity contribution >= 4 is 27.3 Å². The monoisotopic (exact) mass is 404 g/mol. The summed E-state index contributed by atoms with van der Waals surface area (Å²) in [6, 6.07) is 13.0. The fourth-order valence-electron chi connectivity index (χ4n) is 2.49. The summed E-state index contributed by atoms with van der Waals surface area (Å²) in [6.07, 6.45) is 4.25. The van der Waals surface area contributed by atoms with Crippen molar-refractivity contribution in [3.05, 3.63) is 65.8 Å². The number of benzene rings is 1. The van der Waals surface area contributed by atoms with Crippen molar-refractivity contribution < 1.29 is 13.2 Å². The summed E-state index contributed by atoms with van der Waals surface area (Å²) in [6.45, 7) is 0.227. The molecule has 2 aromatic heterocycles. The number of nitrogens with one attached hydrogen (secondary N) is 1. The van der Waals surface area contributed by atoms with Gasteiger partial charge < -0.3 is 5.32 Å². The first-order valence-electron chi connectivity index (χ1n) is 8.32. The topological polar surface area (TPSA) is 84.3 Å². The van der Waals surface area contributed by atoms with E-state index in [2.05, 4.69) is 10.4 Å². The second-order valence-corrected chi connectivity index (χ2v) is 9.13. The second kappa shape index (κ2) is 8.47. The molecule has 3 aromatic rings. The van der Waals surface area contributed by atoms with Gasteiger partial charge in [-0.05, 0) is 41.6 Å². The van der Waals surface area contributed by atoms with Crippen LogP contribution in [0, 0.1) is 0 Å². The Labute approximate surface area is 162 Å². The van der Waals surface area contributed by atoms with Gasteiger partial charge in [0, 0.05) is 26.0 Å². The molecule has 1 N–H and O–H groups in total. The molecular weight excluding hydrogens is 384 g/mol. The van der Waals surface area contributed by atoms with Crippen LogP contribution in [-0.2, 0) is 21.2 Å². The molecule has 27 heavy (non-hydrogen) atoms. The summed E-state index contributed by atoms with van der Waals surface area (Å²) in [5.74, 6) is -0.328. The number of rotatable bonds is 8. The molecule has 0 unspecified atom stereocenters. The molecule has 0 saturated carbocycles. The number of carbonyl (C=O) groups is 1. The van der Waals surface area contributed by atoms with Crippen LogP contribution in [0.15, 0.2) is 64.4 Å². The van der Waals surface area contributed by atoms with Crippen LogP contribution < -0.4 is 5.32 Å². The molecular formula is C18H20N4O3S2. The van der Waals surface area contributed by atoms with Crippen molar-refractivity contribution in [3.8, 4) is 5.69 Å². The number of carbonyl (C=O) groups excluding carboxylic acids is 1. The van der Waals surface area contributed by atoms with Gasteiger partial charge in [-0.25, -0.2) is 13.1 Å². The van der Waals surface area contributed by atoms with Crippen LogP contribution in [0.2, 0.25) is 0 Å². The maximum Gasteiger partial charge on any atom is 0.252 e. The fourth-order valence-corrected chi connectivity index (χ4v) is 4.82. The summed E-state index contributed by atoms with van der Waals surface area (Å²) in [4.78, 5) is 12.0. The van der Waals surface area contributed by atoms with E-state index >= 15 is 0 Å². The van der Waals surface area contributed by atoms with E-state index in [1.807, 2.05) is 36.5 Å². The highest BCUT2D eigenvalue weighted by atomic mass is 32.2. The van der Waals surface area contributed by atoms with Gasteiger partial charge in [0.25, 0.3) is 10.0 Å². The minimum atomic E-state index is -3.61. The Hall–Kier alpha value is -2.49. The molecule has 0 aliphatic rings. The number of likely N-dealkylation sites (N-methyl/N-ethyl adjacent to an activating group) is 1. The Kier molecular flexibility index (Phi) is 6.04. The van der Waals surface area contributed by atoms with Gasteiger partial charge in [0.05, 0.1) is 12.2 Å². The fraction of sp³-hybridized carbons (Fsp3) is 0.222. The van der Waals surface area contributed by atoms with Gasteiger partial charge in [-0.2, -0.15) is 9.40 Å². The molecule has 0 aliphatic carbocycles. The third-order valence-electron chi connectivity index (χ3n) is 3.97. The van der Waals surface area contributed by atoms with E-state index in [0.717, 1.165) is 26.9 Å². The predicted octanol–water partition coefficient (Wildman–Crippen LogP) is 1.91. The van der Waals surface area contributed by atoms with E-state index in [1.54, 1.807) is 22.3 Å². The molecule has 0 radical (unpaired) electrons. The number of amides is 1. The molecule has 7 nitrogen and oxygen atoms in total. The van der Waals surface area contributed by atoms with Gasteiger partial charge in [0.1, 0.15) is 4.21 Å². The smallest absolute Gasteiger partial charge is 0.252 e. The van der Waals surface area contributed by atoms with Crippen LogP contribution in [0.5, 0.6) is 0 Å². The first kappa shape index (κ1) is 19.3. The van der Waals surface area contributed by atoms with Gasteiger partial charge in [-0.3, -0.25) is 4.79 Å². The van der Waals surface area contributed by atoms with E-state index in [-0.39, 0.29) is 16.7 Å². The van der Waals surface area contributed by atoms with Crippen molar-refractivity contribution in [1.29, 1.82) is 0 Å². The molecule has 142 valence electrons. The second-order valence-electron chi connectivity index (χ2n) is 5.91. The maximum atomic E-state index is 12.3. The molecule has 1 aromatic carbocycles. The number of hydrogen-bond donors (Lipinski definition) is 1. The number of hydrogen-bond acceptors (Lipinski definition) is 5. The normalized spacial score (nSPS) is 11.6. The summed E-state index contributed by atoms with van der Waals surface area (Å²) in [5.41, 5.74) is 2.04. The molecule has 0 spiro atoms. The Morgan fingerprint density at radius 2 is 2.00 bits per heavy atom. The summed E-state index contributed by atoms with van der Waals surface area (Å²) in [7, 11) is -2.21. The van der Waals surface area contributed by atoms with Gasteiger partial charge in [0.2, 0.25) is 5.91 Å². The number of thiophene rings is 1. The van der Waals surface area contributed by atoms with Crippen molar-refractivity contribution in [3.63, 3.8) is 0 Å². The Bertz CT molecular complexity index is 966. The average molecular weight is 405 g/mol. The zero-order valence-electron chi connectivity index (χ0n) is 14.8. The Morgan fingerprint density at radius 3 is 2.63 bits per heavy atom. The predicted molar refractivity (Wildman–Crippen MR) is 104 cm³/mol. The third kappa shape index (κ3) is 4.82. The molecule has 0 atom stereocenters. The van der Waals surface area contributed by atoms with Crippen LogP contribution in [0.4, 0.5) is 0 Å². The first-order chi connectivity index (χ1) is 13.0. The average Bonchev–Trinajstić information content (AvgIpc) is 3.36. The SMILES string of the molecule is CN(CC(=O)NCCc1ccc(-n2cccn2)cc1)S(=O)(=O)c1cccs1. The minimum Gasteiger partial charge on any atom is -0.355 e. The molecule has 0 saturated heterocycles. The van der Waals surface area contributed by atoms with Crippen molar-refractivity contribution in [1.82, 2.24) is 19.4 Å². The quantitative estimate of drug-likeness (QED) is 0.622. The van der Waals surface area contributed by atoms with Crippen LogP contribution in [0.25, 0.3) is 5.69 Å². The highest BCUT2D eigenvalue weighted by Gasteiger charge is 2.23. The lowest BCUT2D eigenvalue weighted by Gasteiger charge is -2.15. The zero-order chi connectivity index (χ0) is 19.3. The first-order valence-corrected chi connectivity index (χ1v) is 10.6. The molecule has 0 bridgehead atoms. The molecule has 0 aliphatic heterocycles. The van der Waals surface area contributed by atoms with Gasteiger partial charge in [-0.15, -0.1) is 11.3 Å². The zero-order valence-corrected chi connectivity index (χ0v) is 16.4. The Morgan fingerprint density at radius 1 is 1.22 bits per heavy atom. The summed E-state index contributed by atoms with van der Waals surface area (Å²) < 4.78 is 27.7. The minimum absolute atomic E-state index is 0.210. The molecule has 0 fully saturated rings. The third-order valence-corrected chi connectivity index (χ3v) is 7.14. The van der Waals surface area contributed by atoms with Gasteiger partial charge in [-0.1, -0.05) is 18.2 Å². The molecule has 3 rings (SSSR count). The number of sulfonamides is 1. The van der Waals surface area contributed by atoms with E-state index in [4.69, 9.17) is 0 Å². The summed E-state index contributed by atoms with van der Waals surface area (Å²) >= 11 is 1.13. The molecule has 2 heterocycles. The lowest BCUT2D eigenvalue weighted by molar-refractivity contribution is -0.121. The van der Waals surface area contributed by atoms with Crippen LogP contribution in [-0.4, -0.2) is 48.5 Å². The van der Waals surface area contributed by atoms with Crippen molar-refractivity contribution in [2.24, 2.45) is 0 Å². The lowest BCUT2D eigenvalue weighted by atomic mass is 10.1. The lowest BCUT2D eigenvalue weighted by Crippen LogP contribution is -2.38. The van der Waals surface area contributed by atoms with Crippen LogP contribution in [0.1, 0.15) is 5.56 Å². The number of nitrogens with zero attached hydrogens (tertiary/aromatic N) is 3. The highest BCUT2D eigenvalue weighted by molar-refractivity contribution is 7.91. The summed E-state index contributed by atoms with van der Waals surface area (Å²) in [5, 5.41) is 8.63. The standard InChI is InChI=1S/C18H20N4O3S2/c1-21(27(24,25)18-4-2-13-26-18)14-17(23)19-11-9-15-5-7-16(8-6-15)22-12-3-10-20-22/h2-8,10,12-13H,9,11,14H2,1H3,(H,19,23). The van der Waals surface area contributed by atoms with E-state index in [1.165, 1.54) is 13.1 Å². The maximum absolute atomic E-state index is 12.3. The van der Waals surface area contributed by atoms with E-state index < -0.39 is 10.0 Å².